The van der Waals surface area contributed by atoms with Crippen LogP contribution >= 0.6 is 0 Å². The van der Waals surface area contributed by atoms with E-state index in [0.717, 1.165) is 12.2 Å². The molecule has 0 saturated carbocycles. The van der Waals surface area contributed by atoms with Crippen molar-refractivity contribution in [1.82, 2.24) is 0 Å². The molecule has 110 valence electrons. The fraction of sp³-hybridized carbons (Fsp3) is 0.250. The van der Waals surface area contributed by atoms with Crippen molar-refractivity contribution in [2.75, 3.05) is 6.61 Å². The largest absolute Gasteiger partial charge is 0.464 e. The van der Waals surface area contributed by atoms with Gasteiger partial charge in [-0.1, -0.05) is 6.08 Å². The smallest absolute Gasteiger partial charge is 0.416 e. The van der Waals surface area contributed by atoms with Gasteiger partial charge in [0.05, 0.1) is 11.1 Å². The van der Waals surface area contributed by atoms with E-state index in [9.17, 15) is 31.1 Å². The summed E-state index contributed by atoms with van der Waals surface area (Å²) >= 11 is 0. The lowest BCUT2D eigenvalue weighted by Gasteiger charge is -2.12. The summed E-state index contributed by atoms with van der Waals surface area (Å²) in [6.07, 6.45) is -7.63. The van der Waals surface area contributed by atoms with Crippen LogP contribution in [-0.4, -0.2) is 13.1 Å². The van der Waals surface area contributed by atoms with E-state index < -0.39 is 23.5 Å². The van der Waals surface area contributed by atoms with Gasteiger partial charge < -0.3 is 4.74 Å². The highest BCUT2D eigenvalue weighted by molar-refractivity contribution is 5.53. The Morgan fingerprint density at radius 3 is 1.85 bits per heavy atom. The highest BCUT2D eigenvalue weighted by atomic mass is 19.4. The van der Waals surface area contributed by atoms with Crippen molar-refractivity contribution in [1.29, 1.82) is 0 Å². The molecule has 20 heavy (non-hydrogen) atoms. The molecule has 0 aromatic heterocycles. The zero-order chi connectivity index (χ0) is 15.4. The van der Waals surface area contributed by atoms with Gasteiger partial charge in [0.25, 0.3) is 6.47 Å². The van der Waals surface area contributed by atoms with E-state index in [2.05, 4.69) is 4.74 Å². The Labute approximate surface area is 109 Å². The van der Waals surface area contributed by atoms with Gasteiger partial charge in [0.2, 0.25) is 0 Å². The summed E-state index contributed by atoms with van der Waals surface area (Å²) in [6.45, 7) is -0.140. The third-order valence-corrected chi connectivity index (χ3v) is 2.18. The van der Waals surface area contributed by atoms with Gasteiger partial charge in [-0.25, -0.2) is 0 Å². The number of hydrogen-bond donors (Lipinski definition) is 0. The number of carbonyl (C=O) groups is 1. The Bertz CT molecular complexity index is 469. The molecule has 1 rings (SSSR count). The molecule has 0 heterocycles. The molecule has 0 amide bonds. The van der Waals surface area contributed by atoms with Crippen LogP contribution < -0.4 is 0 Å². The second-order valence-electron chi connectivity index (χ2n) is 3.67. The molecule has 0 unspecified atom stereocenters. The monoisotopic (exact) mass is 298 g/mol. The third-order valence-electron chi connectivity index (χ3n) is 2.18. The third kappa shape index (κ3) is 4.60. The Morgan fingerprint density at radius 1 is 0.950 bits per heavy atom. The van der Waals surface area contributed by atoms with Crippen molar-refractivity contribution in [2.24, 2.45) is 0 Å². The van der Waals surface area contributed by atoms with Gasteiger partial charge in [-0.3, -0.25) is 4.79 Å². The molecule has 0 saturated heterocycles. The lowest BCUT2D eigenvalue weighted by Crippen LogP contribution is -2.11. The molecule has 1 aromatic rings. The predicted octanol–water partition coefficient (Wildman–Crippen LogP) is 3.91. The highest BCUT2D eigenvalue weighted by Gasteiger charge is 2.36. The quantitative estimate of drug-likeness (QED) is 0.478. The fourth-order valence-electron chi connectivity index (χ4n) is 1.35. The molecule has 0 spiro atoms. The minimum absolute atomic E-state index is 0.0409. The average Bonchev–Trinajstić information content (AvgIpc) is 2.32. The summed E-state index contributed by atoms with van der Waals surface area (Å²) in [5, 5.41) is 0. The van der Waals surface area contributed by atoms with Crippen molar-refractivity contribution >= 4 is 12.5 Å². The Hall–Kier alpha value is -1.99. The van der Waals surface area contributed by atoms with E-state index in [4.69, 9.17) is 0 Å². The average molecular weight is 298 g/mol. The van der Waals surface area contributed by atoms with Crippen LogP contribution in [0.15, 0.2) is 24.3 Å². The van der Waals surface area contributed by atoms with Gasteiger partial charge in [-0.05, 0) is 29.8 Å². The van der Waals surface area contributed by atoms with Crippen LogP contribution in [0.2, 0.25) is 0 Å². The minimum Gasteiger partial charge on any atom is -0.464 e. The van der Waals surface area contributed by atoms with Gasteiger partial charge in [0, 0.05) is 0 Å². The second-order valence-corrected chi connectivity index (χ2v) is 3.67. The van der Waals surface area contributed by atoms with Crippen molar-refractivity contribution in [3.8, 4) is 0 Å². The van der Waals surface area contributed by atoms with Crippen LogP contribution in [0.4, 0.5) is 26.3 Å². The second kappa shape index (κ2) is 5.98. The lowest BCUT2D eigenvalue weighted by molar-refractivity contribution is -0.143. The van der Waals surface area contributed by atoms with Gasteiger partial charge in [0.15, 0.2) is 0 Å². The first-order chi connectivity index (χ1) is 9.14. The predicted molar refractivity (Wildman–Crippen MR) is 57.5 cm³/mol. The van der Waals surface area contributed by atoms with Gasteiger partial charge in [-0.2, -0.15) is 26.3 Å². The number of carbonyl (C=O) groups excluding carboxylic acids is 1. The molecule has 0 fully saturated rings. The van der Waals surface area contributed by atoms with Crippen LogP contribution in [0.25, 0.3) is 6.08 Å². The summed E-state index contributed by atoms with van der Waals surface area (Å²) < 4.78 is 79.3. The van der Waals surface area contributed by atoms with Crippen molar-refractivity contribution < 1.29 is 35.9 Å². The number of ether oxygens (including phenoxy) is 1. The number of rotatable bonds is 4. The molecular weight excluding hydrogens is 290 g/mol. The number of alkyl halides is 6. The molecule has 2 nitrogen and oxygen atoms in total. The summed E-state index contributed by atoms with van der Waals surface area (Å²) in [5.74, 6) is 0. The van der Waals surface area contributed by atoms with Crippen molar-refractivity contribution in [3.05, 3.63) is 41.0 Å². The lowest BCUT2D eigenvalue weighted by atomic mass is 10.0. The van der Waals surface area contributed by atoms with E-state index in [1.54, 1.807) is 0 Å². The number of halogens is 6. The first-order valence-electron chi connectivity index (χ1n) is 5.16. The maximum Gasteiger partial charge on any atom is 0.416 e. The molecule has 1 aromatic carbocycles. The molecule has 0 N–H and O–H groups in total. The number of benzene rings is 1. The molecule has 0 radical (unpaired) electrons. The highest BCUT2D eigenvalue weighted by Crippen LogP contribution is 2.36. The fourth-order valence-corrected chi connectivity index (χ4v) is 1.35. The van der Waals surface area contributed by atoms with E-state index in [-0.39, 0.29) is 24.7 Å². The van der Waals surface area contributed by atoms with E-state index in [1.165, 1.54) is 0 Å². The molecular formula is C12H8F6O2. The minimum atomic E-state index is -4.89. The van der Waals surface area contributed by atoms with Gasteiger partial charge in [-0.15, -0.1) is 0 Å². The topological polar surface area (TPSA) is 26.3 Å². The summed E-state index contributed by atoms with van der Waals surface area (Å²) in [6, 6.07) is 1.19. The molecule has 8 heteroatoms. The molecule has 0 aliphatic heterocycles. The van der Waals surface area contributed by atoms with Crippen LogP contribution in [-0.2, 0) is 21.9 Å². The molecule has 0 bridgehead atoms. The first-order valence-corrected chi connectivity index (χ1v) is 5.16. The first kappa shape index (κ1) is 16.1. The Balaban J connectivity index is 3.17. The van der Waals surface area contributed by atoms with Crippen molar-refractivity contribution in [3.63, 3.8) is 0 Å². The maximum absolute atomic E-state index is 12.5. The van der Waals surface area contributed by atoms with Gasteiger partial charge >= 0.3 is 12.4 Å². The van der Waals surface area contributed by atoms with E-state index in [1.807, 2.05) is 0 Å². The standard InChI is InChI=1S/C12H8F6O2/c13-11(14,15)9-4-8(2-1-3-20-7-19)5-10(6-9)12(16,17)18/h1-2,4-7H,3H2. The zero-order valence-corrected chi connectivity index (χ0v) is 9.76. The van der Waals surface area contributed by atoms with E-state index in [0.29, 0.717) is 12.1 Å². The molecule has 0 atom stereocenters. The van der Waals surface area contributed by atoms with Crippen LogP contribution in [0, 0.1) is 0 Å². The summed E-state index contributed by atoms with van der Waals surface area (Å²) in [4.78, 5) is 9.83. The molecule has 0 aliphatic rings. The van der Waals surface area contributed by atoms with Crippen LogP contribution in [0.1, 0.15) is 16.7 Å². The summed E-state index contributed by atoms with van der Waals surface area (Å²) in [7, 11) is 0. The Kier molecular flexibility index (Phi) is 4.80. The maximum atomic E-state index is 12.5. The normalized spacial score (nSPS) is 12.7. The summed E-state index contributed by atoms with van der Waals surface area (Å²) in [5.41, 5.74) is -3.09. The Morgan fingerprint density at radius 2 is 1.45 bits per heavy atom. The van der Waals surface area contributed by atoms with Crippen molar-refractivity contribution in [2.45, 2.75) is 12.4 Å². The van der Waals surface area contributed by atoms with Crippen LogP contribution in [0.3, 0.4) is 0 Å². The van der Waals surface area contributed by atoms with E-state index >= 15 is 0 Å². The van der Waals surface area contributed by atoms with Gasteiger partial charge in [0.1, 0.15) is 6.61 Å². The number of hydrogen-bond acceptors (Lipinski definition) is 2. The molecule has 0 aliphatic carbocycles. The van der Waals surface area contributed by atoms with Crippen LogP contribution in [0.5, 0.6) is 0 Å². The zero-order valence-electron chi connectivity index (χ0n) is 9.76. The SMILES string of the molecule is O=COCC=Cc1cc(C(F)(F)F)cc(C(F)(F)F)c1.